The summed E-state index contributed by atoms with van der Waals surface area (Å²) < 4.78 is 0. The zero-order valence-corrected chi connectivity index (χ0v) is 11.5. The first-order valence-electron chi connectivity index (χ1n) is 6.08. The number of benzene rings is 1. The van der Waals surface area contributed by atoms with E-state index in [1.807, 2.05) is 52.0 Å². The normalized spacial score (nSPS) is 13.1. The van der Waals surface area contributed by atoms with Gasteiger partial charge in [0.25, 0.3) is 0 Å². The molecule has 0 radical (unpaired) electrons. The largest absolute Gasteiger partial charge is 0.465 e. The number of hydrogen-bond donors (Lipinski definition) is 2. The second-order valence-corrected chi connectivity index (χ2v) is 5.62. The van der Waals surface area contributed by atoms with Gasteiger partial charge < -0.3 is 15.7 Å². The summed E-state index contributed by atoms with van der Waals surface area (Å²) in [4.78, 5) is 12.8. The molecule has 0 aliphatic heterocycles. The number of amides is 1. The number of anilines is 1. The summed E-state index contributed by atoms with van der Waals surface area (Å²) in [7, 11) is 0. The molecule has 1 rings (SSSR count). The number of nitrogens with two attached hydrogens (primary N) is 1. The summed E-state index contributed by atoms with van der Waals surface area (Å²) in [5.41, 5.74) is 7.07. The highest BCUT2D eigenvalue weighted by Crippen LogP contribution is 2.20. The second kappa shape index (κ2) is 5.29. The molecule has 0 saturated carbocycles. The van der Waals surface area contributed by atoms with Crippen molar-refractivity contribution in [1.82, 2.24) is 4.90 Å². The third kappa shape index (κ3) is 3.65. The van der Waals surface area contributed by atoms with Crippen LogP contribution in [0.2, 0.25) is 0 Å². The molecule has 100 valence electrons. The maximum absolute atomic E-state index is 11.3. The highest BCUT2D eigenvalue weighted by Gasteiger charge is 2.30. The Labute approximate surface area is 108 Å². The fraction of sp³-hybridized carbons (Fsp3) is 0.500. The first kappa shape index (κ1) is 14.4. The highest BCUT2D eigenvalue weighted by molar-refractivity contribution is 5.66. The van der Waals surface area contributed by atoms with Gasteiger partial charge in [0.2, 0.25) is 0 Å². The van der Waals surface area contributed by atoms with E-state index in [1.165, 1.54) is 4.90 Å². The van der Waals surface area contributed by atoms with Crippen LogP contribution in [0.4, 0.5) is 10.5 Å². The van der Waals surface area contributed by atoms with Gasteiger partial charge in [-0.1, -0.05) is 12.1 Å². The number of nitrogen functional groups attached to an aromatic ring is 1. The minimum atomic E-state index is -0.890. The fourth-order valence-electron chi connectivity index (χ4n) is 2.29. The van der Waals surface area contributed by atoms with Gasteiger partial charge in [0.15, 0.2) is 0 Å². The van der Waals surface area contributed by atoms with E-state index in [0.29, 0.717) is 12.1 Å². The maximum atomic E-state index is 11.3. The molecule has 1 atom stereocenters. The lowest BCUT2D eigenvalue weighted by atomic mass is 9.99. The van der Waals surface area contributed by atoms with Crippen molar-refractivity contribution in [3.63, 3.8) is 0 Å². The van der Waals surface area contributed by atoms with E-state index in [1.54, 1.807) is 0 Å². The van der Waals surface area contributed by atoms with Crippen molar-refractivity contribution in [2.45, 2.75) is 45.7 Å². The van der Waals surface area contributed by atoms with Crippen molar-refractivity contribution >= 4 is 11.8 Å². The van der Waals surface area contributed by atoms with Gasteiger partial charge in [-0.3, -0.25) is 0 Å². The quantitative estimate of drug-likeness (QED) is 0.810. The number of carbonyl (C=O) groups is 1. The van der Waals surface area contributed by atoms with E-state index in [0.717, 1.165) is 5.56 Å². The molecular formula is C14H22N2O2. The fourth-order valence-corrected chi connectivity index (χ4v) is 2.29. The third-order valence-corrected chi connectivity index (χ3v) is 2.85. The molecule has 0 saturated heterocycles. The van der Waals surface area contributed by atoms with Crippen LogP contribution >= 0.6 is 0 Å². The minimum absolute atomic E-state index is 0.0932. The van der Waals surface area contributed by atoms with Crippen molar-refractivity contribution in [2.24, 2.45) is 0 Å². The molecule has 0 aliphatic rings. The number of hydrogen-bond acceptors (Lipinski definition) is 2. The van der Waals surface area contributed by atoms with Gasteiger partial charge in [0, 0.05) is 17.3 Å². The molecular weight excluding hydrogens is 228 g/mol. The molecule has 0 spiro atoms. The van der Waals surface area contributed by atoms with Crippen molar-refractivity contribution < 1.29 is 9.90 Å². The summed E-state index contributed by atoms with van der Waals surface area (Å²) in [6.45, 7) is 7.62. The van der Waals surface area contributed by atoms with Crippen LogP contribution in [0.1, 0.15) is 33.3 Å². The van der Waals surface area contributed by atoms with Gasteiger partial charge >= 0.3 is 6.09 Å². The van der Waals surface area contributed by atoms with Crippen LogP contribution in [0, 0.1) is 0 Å². The van der Waals surface area contributed by atoms with E-state index in [-0.39, 0.29) is 6.04 Å². The molecule has 0 bridgehead atoms. The van der Waals surface area contributed by atoms with Gasteiger partial charge in [0.05, 0.1) is 0 Å². The zero-order valence-electron chi connectivity index (χ0n) is 11.5. The van der Waals surface area contributed by atoms with Crippen LogP contribution in [-0.2, 0) is 6.42 Å². The topological polar surface area (TPSA) is 66.6 Å². The Morgan fingerprint density at radius 3 is 2.50 bits per heavy atom. The Balaban J connectivity index is 2.86. The third-order valence-electron chi connectivity index (χ3n) is 2.85. The van der Waals surface area contributed by atoms with Crippen molar-refractivity contribution in [3.8, 4) is 0 Å². The van der Waals surface area contributed by atoms with Crippen molar-refractivity contribution in [2.75, 3.05) is 5.73 Å². The maximum Gasteiger partial charge on any atom is 0.407 e. The first-order chi connectivity index (χ1) is 8.21. The Kier molecular flexibility index (Phi) is 4.22. The second-order valence-electron chi connectivity index (χ2n) is 5.62. The van der Waals surface area contributed by atoms with Crippen molar-refractivity contribution in [3.05, 3.63) is 29.8 Å². The van der Waals surface area contributed by atoms with Gasteiger partial charge in [-0.2, -0.15) is 0 Å². The lowest BCUT2D eigenvalue weighted by Crippen LogP contribution is -2.50. The monoisotopic (exact) mass is 250 g/mol. The van der Waals surface area contributed by atoms with E-state index >= 15 is 0 Å². The smallest absolute Gasteiger partial charge is 0.407 e. The van der Waals surface area contributed by atoms with E-state index in [9.17, 15) is 9.90 Å². The number of nitrogens with zero attached hydrogens (tertiary/aromatic N) is 1. The summed E-state index contributed by atoms with van der Waals surface area (Å²) in [6.07, 6.45) is -0.229. The van der Waals surface area contributed by atoms with E-state index in [2.05, 4.69) is 0 Å². The summed E-state index contributed by atoms with van der Waals surface area (Å²) in [5, 5.41) is 9.31. The lowest BCUT2D eigenvalue weighted by molar-refractivity contribution is 0.0756. The molecule has 4 heteroatoms. The molecule has 1 unspecified atom stereocenters. The molecule has 0 heterocycles. The van der Waals surface area contributed by atoms with Crippen LogP contribution in [0.25, 0.3) is 0 Å². The Morgan fingerprint density at radius 2 is 2.06 bits per heavy atom. The molecule has 3 N–H and O–H groups in total. The number of carboxylic acid groups (broad SMARTS) is 1. The lowest BCUT2D eigenvalue weighted by Gasteiger charge is -2.38. The molecule has 0 aliphatic carbocycles. The predicted octanol–water partition coefficient (Wildman–Crippen LogP) is 2.98. The Bertz CT molecular complexity index is 424. The molecule has 1 aromatic carbocycles. The summed E-state index contributed by atoms with van der Waals surface area (Å²) >= 11 is 0. The van der Waals surface area contributed by atoms with Gasteiger partial charge in [0.1, 0.15) is 0 Å². The van der Waals surface area contributed by atoms with E-state index in [4.69, 9.17) is 5.73 Å². The van der Waals surface area contributed by atoms with Gasteiger partial charge in [-0.05, 0) is 51.8 Å². The van der Waals surface area contributed by atoms with E-state index < -0.39 is 11.6 Å². The van der Waals surface area contributed by atoms with Gasteiger partial charge in [-0.25, -0.2) is 4.79 Å². The molecule has 1 amide bonds. The van der Waals surface area contributed by atoms with Crippen LogP contribution in [0.15, 0.2) is 24.3 Å². The highest BCUT2D eigenvalue weighted by atomic mass is 16.4. The first-order valence-corrected chi connectivity index (χ1v) is 6.08. The van der Waals surface area contributed by atoms with Crippen LogP contribution in [0.3, 0.4) is 0 Å². The minimum Gasteiger partial charge on any atom is -0.465 e. The Morgan fingerprint density at radius 1 is 1.44 bits per heavy atom. The summed E-state index contributed by atoms with van der Waals surface area (Å²) in [6, 6.07) is 7.48. The van der Waals surface area contributed by atoms with Crippen LogP contribution in [0.5, 0.6) is 0 Å². The SMILES string of the molecule is CC(Cc1cccc(N)c1)N(C(=O)O)C(C)(C)C. The Hall–Kier alpha value is -1.71. The van der Waals surface area contributed by atoms with Crippen molar-refractivity contribution in [1.29, 1.82) is 0 Å². The zero-order chi connectivity index (χ0) is 13.9. The standard InChI is InChI=1S/C14H22N2O2/c1-10(16(13(17)18)14(2,3)4)8-11-6-5-7-12(15)9-11/h5-7,9-10H,8,15H2,1-4H3,(H,17,18). The predicted molar refractivity (Wildman–Crippen MR) is 73.6 cm³/mol. The molecule has 0 aromatic heterocycles. The van der Waals surface area contributed by atoms with Gasteiger partial charge in [-0.15, -0.1) is 0 Å². The molecule has 1 aromatic rings. The number of rotatable bonds is 3. The van der Waals surface area contributed by atoms with Crippen LogP contribution in [-0.4, -0.2) is 27.7 Å². The average molecular weight is 250 g/mol. The molecule has 18 heavy (non-hydrogen) atoms. The molecule has 4 nitrogen and oxygen atoms in total. The summed E-state index contributed by atoms with van der Waals surface area (Å²) in [5.74, 6) is 0. The molecule has 0 fully saturated rings. The average Bonchev–Trinajstić information content (AvgIpc) is 2.13. The van der Waals surface area contributed by atoms with Crippen LogP contribution < -0.4 is 5.73 Å².